The summed E-state index contributed by atoms with van der Waals surface area (Å²) in [6.45, 7) is -0.167. The second-order valence-electron chi connectivity index (χ2n) is 4.67. The molecule has 3 aromatic rings. The minimum Gasteiger partial charge on any atom is -0.482 e. The highest BCUT2D eigenvalue weighted by atomic mass is 35.5. The zero-order valence-corrected chi connectivity index (χ0v) is 13.3. The van der Waals surface area contributed by atoms with Gasteiger partial charge in [-0.2, -0.15) is 0 Å². The Balaban J connectivity index is 1.64. The van der Waals surface area contributed by atoms with Crippen molar-refractivity contribution in [3.63, 3.8) is 0 Å². The SMILES string of the molecule is O=C(COc1ccc(Cl)cc1Cl)Nc1ccc2nccnc2c1. The Labute approximate surface area is 142 Å². The van der Waals surface area contributed by atoms with Gasteiger partial charge < -0.3 is 10.1 Å². The zero-order valence-electron chi connectivity index (χ0n) is 11.8. The summed E-state index contributed by atoms with van der Waals surface area (Å²) in [5.41, 5.74) is 2.08. The number of amides is 1. The average molecular weight is 348 g/mol. The summed E-state index contributed by atoms with van der Waals surface area (Å²) < 4.78 is 5.38. The molecular formula is C16H11Cl2N3O2. The fourth-order valence-corrected chi connectivity index (χ4v) is 2.44. The van der Waals surface area contributed by atoms with E-state index in [0.717, 1.165) is 5.52 Å². The Kier molecular flexibility index (Phi) is 4.60. The van der Waals surface area contributed by atoms with Crippen LogP contribution >= 0.6 is 23.2 Å². The van der Waals surface area contributed by atoms with Crippen LogP contribution in [0.15, 0.2) is 48.8 Å². The van der Waals surface area contributed by atoms with E-state index in [1.807, 2.05) is 0 Å². The average Bonchev–Trinajstić information content (AvgIpc) is 2.54. The highest BCUT2D eigenvalue weighted by molar-refractivity contribution is 6.35. The van der Waals surface area contributed by atoms with E-state index < -0.39 is 0 Å². The molecule has 0 unspecified atom stereocenters. The molecule has 5 nitrogen and oxygen atoms in total. The fourth-order valence-electron chi connectivity index (χ4n) is 1.97. The van der Waals surface area contributed by atoms with Crippen LogP contribution in [0.4, 0.5) is 5.69 Å². The lowest BCUT2D eigenvalue weighted by molar-refractivity contribution is -0.118. The van der Waals surface area contributed by atoms with Gasteiger partial charge in [0.05, 0.1) is 16.1 Å². The molecule has 1 N–H and O–H groups in total. The predicted molar refractivity (Wildman–Crippen MR) is 90.1 cm³/mol. The second-order valence-corrected chi connectivity index (χ2v) is 5.52. The van der Waals surface area contributed by atoms with Gasteiger partial charge in [0.25, 0.3) is 5.91 Å². The lowest BCUT2D eigenvalue weighted by Crippen LogP contribution is -2.20. The maximum Gasteiger partial charge on any atom is 0.262 e. The van der Waals surface area contributed by atoms with E-state index in [9.17, 15) is 4.79 Å². The van der Waals surface area contributed by atoms with Gasteiger partial charge in [-0.05, 0) is 36.4 Å². The first-order chi connectivity index (χ1) is 11.1. The quantitative estimate of drug-likeness (QED) is 0.775. The number of nitrogens with zero attached hydrogens (tertiary/aromatic N) is 2. The van der Waals surface area contributed by atoms with Crippen molar-refractivity contribution in [2.75, 3.05) is 11.9 Å². The van der Waals surface area contributed by atoms with E-state index in [2.05, 4.69) is 15.3 Å². The monoisotopic (exact) mass is 347 g/mol. The summed E-state index contributed by atoms with van der Waals surface area (Å²) in [6, 6.07) is 10.1. The molecule has 0 aliphatic heterocycles. The van der Waals surface area contributed by atoms with Crippen molar-refractivity contribution in [1.82, 2.24) is 9.97 Å². The molecule has 23 heavy (non-hydrogen) atoms. The van der Waals surface area contributed by atoms with Crippen molar-refractivity contribution < 1.29 is 9.53 Å². The molecule has 1 heterocycles. The first kappa shape index (κ1) is 15.5. The van der Waals surface area contributed by atoms with Gasteiger partial charge in [0.1, 0.15) is 5.75 Å². The Bertz CT molecular complexity index is 871. The Morgan fingerprint density at radius 1 is 1.04 bits per heavy atom. The van der Waals surface area contributed by atoms with Crippen LogP contribution in [0.5, 0.6) is 5.75 Å². The first-order valence-corrected chi connectivity index (χ1v) is 7.46. The summed E-state index contributed by atoms with van der Waals surface area (Å²) in [6.07, 6.45) is 3.21. The normalized spacial score (nSPS) is 10.5. The van der Waals surface area contributed by atoms with Gasteiger partial charge in [-0.25, -0.2) is 0 Å². The lowest BCUT2D eigenvalue weighted by atomic mass is 10.2. The van der Waals surface area contributed by atoms with Crippen LogP contribution in [0.1, 0.15) is 0 Å². The van der Waals surface area contributed by atoms with Crippen LogP contribution in [0.25, 0.3) is 11.0 Å². The van der Waals surface area contributed by atoms with Crippen molar-refractivity contribution in [2.45, 2.75) is 0 Å². The predicted octanol–water partition coefficient (Wildman–Crippen LogP) is 3.95. The molecule has 2 aromatic carbocycles. The molecule has 0 radical (unpaired) electrons. The molecule has 0 aliphatic rings. The Hall–Kier alpha value is -2.37. The number of ether oxygens (including phenoxy) is 1. The molecule has 0 aliphatic carbocycles. The third-order valence-corrected chi connectivity index (χ3v) is 3.54. The van der Waals surface area contributed by atoms with Crippen molar-refractivity contribution in [2.24, 2.45) is 0 Å². The molecule has 7 heteroatoms. The summed E-state index contributed by atoms with van der Waals surface area (Å²) in [4.78, 5) is 20.3. The Morgan fingerprint density at radius 2 is 1.83 bits per heavy atom. The maximum absolute atomic E-state index is 12.0. The smallest absolute Gasteiger partial charge is 0.262 e. The lowest BCUT2D eigenvalue weighted by Gasteiger charge is -2.09. The number of hydrogen-bond donors (Lipinski definition) is 1. The highest BCUT2D eigenvalue weighted by Gasteiger charge is 2.07. The Morgan fingerprint density at radius 3 is 2.61 bits per heavy atom. The van der Waals surface area contributed by atoms with Crippen LogP contribution in [0, 0.1) is 0 Å². The number of benzene rings is 2. The van der Waals surface area contributed by atoms with E-state index in [4.69, 9.17) is 27.9 Å². The molecule has 0 fully saturated rings. The standard InChI is InChI=1S/C16H11Cl2N3O2/c17-10-1-4-15(12(18)7-10)23-9-16(22)21-11-2-3-13-14(8-11)20-6-5-19-13/h1-8H,9H2,(H,21,22). The molecule has 0 saturated heterocycles. The number of halogens is 2. The van der Waals surface area contributed by atoms with Crippen LogP contribution in [0.2, 0.25) is 10.0 Å². The third-order valence-electron chi connectivity index (χ3n) is 3.01. The molecular weight excluding hydrogens is 337 g/mol. The van der Waals surface area contributed by atoms with Crippen LogP contribution < -0.4 is 10.1 Å². The van der Waals surface area contributed by atoms with Crippen molar-refractivity contribution >= 4 is 45.8 Å². The van der Waals surface area contributed by atoms with Crippen LogP contribution in [-0.4, -0.2) is 22.5 Å². The van der Waals surface area contributed by atoms with Gasteiger partial charge in [0.15, 0.2) is 6.61 Å². The number of carbonyl (C=O) groups is 1. The summed E-state index contributed by atoms with van der Waals surface area (Å²) >= 11 is 11.8. The number of fused-ring (bicyclic) bond motifs is 1. The van der Waals surface area contributed by atoms with Crippen molar-refractivity contribution in [3.8, 4) is 5.75 Å². The van der Waals surface area contributed by atoms with E-state index in [-0.39, 0.29) is 12.5 Å². The molecule has 0 saturated carbocycles. The molecule has 0 spiro atoms. The minimum absolute atomic E-state index is 0.167. The van der Waals surface area contributed by atoms with E-state index >= 15 is 0 Å². The number of nitrogens with one attached hydrogen (secondary N) is 1. The number of rotatable bonds is 4. The molecule has 116 valence electrons. The minimum atomic E-state index is -0.306. The van der Waals surface area contributed by atoms with E-state index in [1.54, 1.807) is 48.8 Å². The second kappa shape index (κ2) is 6.81. The molecule has 1 amide bonds. The highest BCUT2D eigenvalue weighted by Crippen LogP contribution is 2.27. The van der Waals surface area contributed by atoms with Gasteiger partial charge in [0.2, 0.25) is 0 Å². The molecule has 0 bridgehead atoms. The van der Waals surface area contributed by atoms with Crippen molar-refractivity contribution in [3.05, 3.63) is 58.8 Å². The maximum atomic E-state index is 12.0. The topological polar surface area (TPSA) is 64.1 Å². The first-order valence-electron chi connectivity index (χ1n) is 6.70. The molecule has 0 atom stereocenters. The van der Waals surface area contributed by atoms with Gasteiger partial charge >= 0.3 is 0 Å². The van der Waals surface area contributed by atoms with Crippen LogP contribution in [-0.2, 0) is 4.79 Å². The number of aromatic nitrogens is 2. The van der Waals surface area contributed by atoms with Gasteiger partial charge in [0, 0.05) is 23.1 Å². The molecule has 1 aromatic heterocycles. The van der Waals surface area contributed by atoms with Crippen LogP contribution in [0.3, 0.4) is 0 Å². The summed E-state index contributed by atoms with van der Waals surface area (Å²) in [7, 11) is 0. The van der Waals surface area contributed by atoms with Crippen molar-refractivity contribution in [1.29, 1.82) is 0 Å². The number of anilines is 1. The number of hydrogen-bond acceptors (Lipinski definition) is 4. The van der Waals surface area contributed by atoms with Gasteiger partial charge in [-0.3, -0.25) is 14.8 Å². The summed E-state index contributed by atoms with van der Waals surface area (Å²) in [5.74, 6) is 0.0925. The zero-order chi connectivity index (χ0) is 16.2. The van der Waals surface area contributed by atoms with E-state index in [1.165, 1.54) is 0 Å². The fraction of sp³-hybridized carbons (Fsp3) is 0.0625. The largest absolute Gasteiger partial charge is 0.482 e. The number of carbonyl (C=O) groups excluding carboxylic acids is 1. The van der Waals surface area contributed by atoms with E-state index in [0.29, 0.717) is 27.0 Å². The van der Waals surface area contributed by atoms with Gasteiger partial charge in [-0.1, -0.05) is 23.2 Å². The van der Waals surface area contributed by atoms with Gasteiger partial charge in [-0.15, -0.1) is 0 Å². The summed E-state index contributed by atoms with van der Waals surface area (Å²) in [5, 5.41) is 3.59. The molecule has 3 rings (SSSR count). The third kappa shape index (κ3) is 3.88.